The molecular formula is C20H23N3O4. The topological polar surface area (TPSA) is 85.1 Å². The molecule has 7 heteroatoms. The number of benzene rings is 1. The number of allylic oxidation sites excluding steroid dienone is 2. The van der Waals surface area contributed by atoms with Gasteiger partial charge < -0.3 is 25.0 Å². The van der Waals surface area contributed by atoms with Crippen LogP contribution in [0.5, 0.6) is 5.75 Å². The first-order valence-corrected chi connectivity index (χ1v) is 8.82. The van der Waals surface area contributed by atoms with Crippen LogP contribution in [0.15, 0.2) is 65.6 Å². The molecular weight excluding hydrogens is 346 g/mol. The predicted octanol–water partition coefficient (Wildman–Crippen LogP) is 2.03. The van der Waals surface area contributed by atoms with Gasteiger partial charge in [-0.3, -0.25) is 4.79 Å². The van der Waals surface area contributed by atoms with E-state index >= 15 is 0 Å². The molecule has 1 aliphatic carbocycles. The largest absolute Gasteiger partial charge is 0.494 e. The van der Waals surface area contributed by atoms with Crippen LogP contribution in [-0.4, -0.2) is 55.1 Å². The molecule has 0 bridgehead atoms. The van der Waals surface area contributed by atoms with Gasteiger partial charge in [-0.15, -0.1) is 0 Å². The van der Waals surface area contributed by atoms with Gasteiger partial charge >= 0.3 is 6.09 Å². The second-order valence-corrected chi connectivity index (χ2v) is 6.20. The summed E-state index contributed by atoms with van der Waals surface area (Å²) in [5.74, 6) is 0.735. The number of methoxy groups -OCH3 is 1. The SMILES string of the molecule is COC1=C(C(=O)N2CCN(C(=O)Oc3ccccc3)CC2)C=CCC=C1N. The Labute approximate surface area is 158 Å². The Balaban J connectivity index is 1.62. The van der Waals surface area contributed by atoms with E-state index in [9.17, 15) is 9.59 Å². The van der Waals surface area contributed by atoms with Crippen molar-refractivity contribution in [2.45, 2.75) is 6.42 Å². The highest BCUT2D eigenvalue weighted by molar-refractivity contribution is 5.97. The number of piperazine rings is 1. The maximum atomic E-state index is 12.9. The average Bonchev–Trinajstić information content (AvgIpc) is 2.89. The Kier molecular flexibility index (Phi) is 5.80. The van der Waals surface area contributed by atoms with Crippen LogP contribution in [0.1, 0.15) is 6.42 Å². The highest BCUT2D eigenvalue weighted by Gasteiger charge is 2.28. The zero-order valence-electron chi connectivity index (χ0n) is 15.3. The fourth-order valence-corrected chi connectivity index (χ4v) is 3.02. The van der Waals surface area contributed by atoms with Crippen molar-refractivity contribution in [2.24, 2.45) is 5.73 Å². The quantitative estimate of drug-likeness (QED) is 0.881. The molecule has 2 amide bonds. The summed E-state index contributed by atoms with van der Waals surface area (Å²) in [6.45, 7) is 1.64. The van der Waals surface area contributed by atoms with Crippen LogP contribution in [0, 0.1) is 0 Å². The number of hydrogen-bond donors (Lipinski definition) is 1. The Morgan fingerprint density at radius 1 is 1.04 bits per heavy atom. The first-order valence-electron chi connectivity index (χ1n) is 8.82. The molecule has 0 aromatic heterocycles. The summed E-state index contributed by atoms with van der Waals surface area (Å²) in [5, 5.41) is 0. The number of hydrogen-bond acceptors (Lipinski definition) is 5. The lowest BCUT2D eigenvalue weighted by molar-refractivity contribution is -0.128. The zero-order chi connectivity index (χ0) is 19.2. The third kappa shape index (κ3) is 4.31. The van der Waals surface area contributed by atoms with E-state index in [1.54, 1.807) is 40.1 Å². The predicted molar refractivity (Wildman–Crippen MR) is 101 cm³/mol. The molecule has 1 heterocycles. The molecule has 1 saturated heterocycles. The number of ether oxygens (including phenoxy) is 2. The summed E-state index contributed by atoms with van der Waals surface area (Å²) in [4.78, 5) is 28.5. The van der Waals surface area contributed by atoms with Crippen LogP contribution in [0.2, 0.25) is 0 Å². The third-order valence-corrected chi connectivity index (χ3v) is 4.47. The maximum absolute atomic E-state index is 12.9. The van der Waals surface area contributed by atoms with Crippen molar-refractivity contribution in [3.05, 3.63) is 65.6 Å². The monoisotopic (exact) mass is 369 g/mol. The van der Waals surface area contributed by atoms with Gasteiger partial charge in [0.15, 0.2) is 5.76 Å². The molecule has 0 saturated carbocycles. The molecule has 0 spiro atoms. The van der Waals surface area contributed by atoms with Crippen LogP contribution < -0.4 is 10.5 Å². The smallest absolute Gasteiger partial charge is 0.415 e. The minimum Gasteiger partial charge on any atom is -0.494 e. The molecule has 0 unspecified atom stereocenters. The summed E-state index contributed by atoms with van der Waals surface area (Å²) in [6.07, 6.45) is 5.67. The van der Waals surface area contributed by atoms with Gasteiger partial charge in [-0.2, -0.15) is 0 Å². The van der Waals surface area contributed by atoms with Gasteiger partial charge in [0.1, 0.15) is 5.75 Å². The van der Waals surface area contributed by atoms with Gasteiger partial charge in [0.05, 0.1) is 18.4 Å². The molecule has 7 nitrogen and oxygen atoms in total. The number of nitrogens with two attached hydrogens (primary N) is 1. The molecule has 142 valence electrons. The molecule has 2 aliphatic rings. The Hall–Kier alpha value is -3.22. The highest BCUT2D eigenvalue weighted by atomic mass is 16.6. The van der Waals surface area contributed by atoms with E-state index in [1.165, 1.54) is 7.11 Å². The number of rotatable bonds is 3. The van der Waals surface area contributed by atoms with E-state index in [2.05, 4.69) is 0 Å². The number of carbonyl (C=O) groups is 2. The van der Waals surface area contributed by atoms with E-state index < -0.39 is 6.09 Å². The van der Waals surface area contributed by atoms with Crippen LogP contribution in [-0.2, 0) is 9.53 Å². The second-order valence-electron chi connectivity index (χ2n) is 6.20. The van der Waals surface area contributed by atoms with Gasteiger partial charge in [0, 0.05) is 26.2 Å². The lowest BCUT2D eigenvalue weighted by atomic mass is 10.1. The summed E-state index contributed by atoms with van der Waals surface area (Å²) in [7, 11) is 1.50. The molecule has 1 aromatic rings. The molecule has 1 aliphatic heterocycles. The summed E-state index contributed by atoms with van der Waals surface area (Å²) in [5.41, 5.74) is 6.87. The molecule has 3 rings (SSSR count). The molecule has 2 N–H and O–H groups in total. The van der Waals surface area contributed by atoms with Crippen LogP contribution >= 0.6 is 0 Å². The minimum atomic E-state index is -0.411. The van der Waals surface area contributed by atoms with Gasteiger partial charge in [0.25, 0.3) is 5.91 Å². The third-order valence-electron chi connectivity index (χ3n) is 4.47. The van der Waals surface area contributed by atoms with Crippen molar-refractivity contribution in [1.82, 2.24) is 9.80 Å². The van der Waals surface area contributed by atoms with Gasteiger partial charge in [0.2, 0.25) is 0 Å². The van der Waals surface area contributed by atoms with Crippen LogP contribution in [0.4, 0.5) is 4.79 Å². The van der Waals surface area contributed by atoms with Crippen molar-refractivity contribution in [2.75, 3.05) is 33.3 Å². The Morgan fingerprint density at radius 3 is 2.37 bits per heavy atom. The lowest BCUT2D eigenvalue weighted by Gasteiger charge is -2.34. The van der Waals surface area contributed by atoms with Crippen molar-refractivity contribution < 1.29 is 19.1 Å². The summed E-state index contributed by atoms with van der Waals surface area (Å²) < 4.78 is 10.7. The molecule has 1 fully saturated rings. The van der Waals surface area contributed by atoms with E-state index in [0.717, 1.165) is 0 Å². The van der Waals surface area contributed by atoms with E-state index in [-0.39, 0.29) is 5.91 Å². The lowest BCUT2D eigenvalue weighted by Crippen LogP contribution is -2.51. The zero-order valence-corrected chi connectivity index (χ0v) is 15.3. The molecule has 0 atom stereocenters. The number of para-hydroxylation sites is 1. The van der Waals surface area contributed by atoms with Crippen molar-refractivity contribution in [1.29, 1.82) is 0 Å². The van der Waals surface area contributed by atoms with Gasteiger partial charge in [-0.1, -0.05) is 30.4 Å². The van der Waals surface area contributed by atoms with Gasteiger partial charge in [-0.25, -0.2) is 4.79 Å². The Bertz CT molecular complexity index is 791. The van der Waals surface area contributed by atoms with E-state index in [1.807, 2.05) is 18.2 Å². The van der Waals surface area contributed by atoms with E-state index in [0.29, 0.717) is 55.4 Å². The standard InChI is InChI=1S/C20H23N3O4/c1-26-18-16(9-5-6-10-17(18)21)19(24)22-11-13-23(14-12-22)20(25)27-15-7-3-2-4-8-15/h2-5,7-10H,6,11-14,21H2,1H3. The first-order chi connectivity index (χ1) is 13.1. The number of nitrogens with zero attached hydrogens (tertiary/aromatic N) is 2. The average molecular weight is 369 g/mol. The Morgan fingerprint density at radius 2 is 1.70 bits per heavy atom. The van der Waals surface area contributed by atoms with Crippen LogP contribution in [0.25, 0.3) is 0 Å². The normalized spacial score (nSPS) is 17.3. The maximum Gasteiger partial charge on any atom is 0.415 e. The molecule has 0 radical (unpaired) electrons. The molecule has 1 aromatic carbocycles. The first kappa shape index (κ1) is 18.6. The summed E-state index contributed by atoms with van der Waals surface area (Å²) in [6, 6.07) is 8.93. The number of amides is 2. The summed E-state index contributed by atoms with van der Waals surface area (Å²) >= 11 is 0. The highest BCUT2D eigenvalue weighted by Crippen LogP contribution is 2.21. The number of carbonyl (C=O) groups excluding carboxylic acids is 2. The minimum absolute atomic E-state index is 0.155. The van der Waals surface area contributed by atoms with Crippen molar-refractivity contribution >= 4 is 12.0 Å². The van der Waals surface area contributed by atoms with E-state index in [4.69, 9.17) is 15.2 Å². The molecule has 27 heavy (non-hydrogen) atoms. The fraction of sp³-hybridized carbons (Fsp3) is 0.300. The van der Waals surface area contributed by atoms with Crippen molar-refractivity contribution in [3.63, 3.8) is 0 Å². The van der Waals surface area contributed by atoms with Crippen LogP contribution in [0.3, 0.4) is 0 Å². The van der Waals surface area contributed by atoms with Crippen molar-refractivity contribution in [3.8, 4) is 5.75 Å². The van der Waals surface area contributed by atoms with Gasteiger partial charge in [-0.05, 0) is 24.6 Å². The fourth-order valence-electron chi connectivity index (χ4n) is 3.02. The second kappa shape index (κ2) is 8.44.